The molecular weight excluding hydrogens is 168 g/mol. The first-order chi connectivity index (χ1) is 6.40. The molecule has 1 aromatic heterocycles. The van der Waals surface area contributed by atoms with Crippen LogP contribution in [0.5, 0.6) is 0 Å². The Bertz CT molecular complexity index is 290. The van der Waals surface area contributed by atoms with Gasteiger partial charge in [0.25, 0.3) is 0 Å². The number of nitrogens with zero attached hydrogens (tertiary/aromatic N) is 2. The van der Waals surface area contributed by atoms with Crippen LogP contribution < -0.4 is 10.6 Å². The highest BCUT2D eigenvalue weighted by Crippen LogP contribution is 2.15. The summed E-state index contributed by atoms with van der Waals surface area (Å²) in [7, 11) is 0. The van der Waals surface area contributed by atoms with E-state index in [2.05, 4.69) is 15.7 Å². The van der Waals surface area contributed by atoms with E-state index in [4.69, 9.17) is 0 Å². The van der Waals surface area contributed by atoms with Gasteiger partial charge in [-0.15, -0.1) is 0 Å². The topological polar surface area (TPSA) is 59.0 Å². The lowest BCUT2D eigenvalue weighted by Crippen LogP contribution is -2.13. The minimum Gasteiger partial charge on any atom is -0.326 e. The molecule has 1 amide bonds. The van der Waals surface area contributed by atoms with Crippen molar-refractivity contribution in [1.29, 1.82) is 0 Å². The zero-order valence-corrected chi connectivity index (χ0v) is 7.23. The highest BCUT2D eigenvalue weighted by atomic mass is 16.1. The molecule has 0 spiro atoms. The van der Waals surface area contributed by atoms with Crippen LogP contribution in [0.3, 0.4) is 0 Å². The van der Waals surface area contributed by atoms with Crippen LogP contribution in [0.25, 0.3) is 0 Å². The number of carbonyl (C=O) groups is 1. The summed E-state index contributed by atoms with van der Waals surface area (Å²) in [6, 6.07) is 0.433. The molecule has 1 aliphatic rings. The quantitative estimate of drug-likeness (QED) is 0.643. The van der Waals surface area contributed by atoms with Gasteiger partial charge in [0.2, 0.25) is 6.41 Å². The van der Waals surface area contributed by atoms with Gasteiger partial charge in [-0.3, -0.25) is 9.48 Å². The Hall–Kier alpha value is -1.36. The Morgan fingerprint density at radius 1 is 1.77 bits per heavy atom. The van der Waals surface area contributed by atoms with Crippen LogP contribution in [0, 0.1) is 0 Å². The minimum absolute atomic E-state index is 0.433. The number of amides is 1. The van der Waals surface area contributed by atoms with Gasteiger partial charge >= 0.3 is 0 Å². The van der Waals surface area contributed by atoms with Crippen molar-refractivity contribution in [2.75, 3.05) is 18.4 Å². The van der Waals surface area contributed by atoms with E-state index in [1.807, 2.05) is 10.9 Å². The van der Waals surface area contributed by atoms with Gasteiger partial charge in [0.05, 0.1) is 17.9 Å². The molecule has 2 heterocycles. The first-order valence-corrected chi connectivity index (χ1v) is 4.35. The highest BCUT2D eigenvalue weighted by molar-refractivity contribution is 5.69. The van der Waals surface area contributed by atoms with E-state index in [9.17, 15) is 4.79 Å². The fourth-order valence-electron chi connectivity index (χ4n) is 1.55. The Morgan fingerprint density at radius 2 is 2.69 bits per heavy atom. The lowest BCUT2D eigenvalue weighted by Gasteiger charge is -2.07. The van der Waals surface area contributed by atoms with Gasteiger partial charge in [0.1, 0.15) is 0 Å². The van der Waals surface area contributed by atoms with Gasteiger partial charge in [-0.05, 0) is 13.0 Å². The number of aromatic nitrogens is 2. The van der Waals surface area contributed by atoms with Crippen molar-refractivity contribution >= 4 is 12.1 Å². The molecule has 1 unspecified atom stereocenters. The molecule has 1 fully saturated rings. The molecule has 0 saturated carbocycles. The zero-order valence-electron chi connectivity index (χ0n) is 7.23. The second-order valence-corrected chi connectivity index (χ2v) is 3.12. The van der Waals surface area contributed by atoms with E-state index in [1.54, 1.807) is 6.20 Å². The molecule has 1 saturated heterocycles. The monoisotopic (exact) mass is 180 g/mol. The largest absolute Gasteiger partial charge is 0.326 e. The molecule has 5 heteroatoms. The van der Waals surface area contributed by atoms with Crippen molar-refractivity contribution in [3.63, 3.8) is 0 Å². The maximum atomic E-state index is 10.1. The molecule has 1 aliphatic heterocycles. The van der Waals surface area contributed by atoms with Gasteiger partial charge in [0, 0.05) is 12.7 Å². The van der Waals surface area contributed by atoms with Crippen LogP contribution in [0.4, 0.5) is 5.69 Å². The van der Waals surface area contributed by atoms with Crippen molar-refractivity contribution in [1.82, 2.24) is 15.1 Å². The fraction of sp³-hybridized carbons (Fsp3) is 0.500. The third-order valence-electron chi connectivity index (χ3n) is 2.24. The molecule has 5 nitrogen and oxygen atoms in total. The van der Waals surface area contributed by atoms with Crippen LogP contribution >= 0.6 is 0 Å². The summed E-state index contributed by atoms with van der Waals surface area (Å²) < 4.78 is 1.89. The normalized spacial score (nSPS) is 21.7. The van der Waals surface area contributed by atoms with Crippen LogP contribution in [0.1, 0.15) is 12.5 Å². The minimum atomic E-state index is 0.433. The maximum Gasteiger partial charge on any atom is 0.211 e. The third-order valence-corrected chi connectivity index (χ3v) is 2.24. The summed E-state index contributed by atoms with van der Waals surface area (Å²) in [5.74, 6) is 0. The second kappa shape index (κ2) is 3.57. The summed E-state index contributed by atoms with van der Waals surface area (Å²) >= 11 is 0. The van der Waals surface area contributed by atoms with Gasteiger partial charge in [-0.1, -0.05) is 0 Å². The standard InChI is InChI=1S/C8H12N4O/c13-6-10-7-3-11-12(5-7)8-1-2-9-4-8/h3,5-6,8-9H,1-2,4H2,(H,10,13). The first-order valence-electron chi connectivity index (χ1n) is 4.35. The Kier molecular flexibility index (Phi) is 2.27. The number of hydrogen-bond donors (Lipinski definition) is 2. The maximum absolute atomic E-state index is 10.1. The number of rotatable bonds is 3. The highest BCUT2D eigenvalue weighted by Gasteiger charge is 2.16. The van der Waals surface area contributed by atoms with Crippen molar-refractivity contribution in [3.05, 3.63) is 12.4 Å². The van der Waals surface area contributed by atoms with Gasteiger partial charge in [0.15, 0.2) is 0 Å². The smallest absolute Gasteiger partial charge is 0.211 e. The zero-order chi connectivity index (χ0) is 9.10. The molecule has 70 valence electrons. The second-order valence-electron chi connectivity index (χ2n) is 3.12. The number of carbonyl (C=O) groups excluding carboxylic acids is 1. The predicted molar refractivity (Wildman–Crippen MR) is 48.4 cm³/mol. The molecule has 2 rings (SSSR count). The summed E-state index contributed by atoms with van der Waals surface area (Å²) in [4.78, 5) is 10.1. The fourth-order valence-corrected chi connectivity index (χ4v) is 1.55. The van der Waals surface area contributed by atoms with E-state index < -0.39 is 0 Å². The van der Waals surface area contributed by atoms with Gasteiger partial charge < -0.3 is 10.6 Å². The Balaban J connectivity index is 2.07. The van der Waals surface area contributed by atoms with Crippen molar-refractivity contribution < 1.29 is 4.79 Å². The molecule has 0 bridgehead atoms. The average Bonchev–Trinajstić information content (AvgIpc) is 2.70. The van der Waals surface area contributed by atoms with E-state index in [0.717, 1.165) is 25.2 Å². The van der Waals surface area contributed by atoms with E-state index >= 15 is 0 Å². The summed E-state index contributed by atoms with van der Waals surface area (Å²) in [6.45, 7) is 2.00. The summed E-state index contributed by atoms with van der Waals surface area (Å²) in [5, 5.41) is 10.0. The molecule has 2 N–H and O–H groups in total. The van der Waals surface area contributed by atoms with E-state index in [0.29, 0.717) is 12.5 Å². The molecular formula is C8H12N4O. The predicted octanol–water partition coefficient (Wildman–Crippen LogP) is -0.0142. The molecule has 0 radical (unpaired) electrons. The molecule has 1 aromatic rings. The van der Waals surface area contributed by atoms with Crippen molar-refractivity contribution in [2.45, 2.75) is 12.5 Å². The molecule has 1 atom stereocenters. The first kappa shape index (κ1) is 8.25. The van der Waals surface area contributed by atoms with Crippen LogP contribution in [-0.4, -0.2) is 29.3 Å². The lowest BCUT2D eigenvalue weighted by molar-refractivity contribution is -0.105. The van der Waals surface area contributed by atoms with Crippen molar-refractivity contribution in [3.8, 4) is 0 Å². The van der Waals surface area contributed by atoms with Crippen molar-refractivity contribution in [2.24, 2.45) is 0 Å². The summed E-state index contributed by atoms with van der Waals surface area (Å²) in [5.41, 5.74) is 0.752. The lowest BCUT2D eigenvalue weighted by atomic mass is 10.3. The van der Waals surface area contributed by atoms with Crippen LogP contribution in [0.2, 0.25) is 0 Å². The summed E-state index contributed by atoms with van der Waals surface area (Å²) in [6.07, 6.45) is 5.27. The third kappa shape index (κ3) is 1.70. The van der Waals surface area contributed by atoms with Gasteiger partial charge in [-0.25, -0.2) is 0 Å². The number of nitrogens with one attached hydrogen (secondary N) is 2. The Labute approximate surface area is 76.1 Å². The molecule has 13 heavy (non-hydrogen) atoms. The number of anilines is 1. The average molecular weight is 180 g/mol. The molecule has 0 aromatic carbocycles. The van der Waals surface area contributed by atoms with Crippen LogP contribution in [0.15, 0.2) is 12.4 Å². The Morgan fingerprint density at radius 3 is 3.38 bits per heavy atom. The van der Waals surface area contributed by atoms with E-state index in [-0.39, 0.29) is 0 Å². The number of hydrogen-bond acceptors (Lipinski definition) is 3. The SMILES string of the molecule is O=CNc1cnn(C2CCNC2)c1. The van der Waals surface area contributed by atoms with Crippen LogP contribution in [-0.2, 0) is 4.79 Å². The van der Waals surface area contributed by atoms with E-state index in [1.165, 1.54) is 0 Å². The van der Waals surface area contributed by atoms with Gasteiger partial charge in [-0.2, -0.15) is 5.10 Å². The molecule has 0 aliphatic carbocycles.